The average molecular weight is 454 g/mol. The number of carbonyl (C=O) groups excluding carboxylic acids is 2. The molecular formula is C21H16BrN3O2S. The van der Waals surface area contributed by atoms with Crippen molar-refractivity contribution >= 4 is 50.9 Å². The minimum absolute atomic E-state index is 0.0248. The summed E-state index contributed by atoms with van der Waals surface area (Å²) < 4.78 is 0.909. The van der Waals surface area contributed by atoms with Crippen molar-refractivity contribution < 1.29 is 9.59 Å². The second kappa shape index (κ2) is 8.16. The molecule has 1 aromatic heterocycles. The van der Waals surface area contributed by atoms with Crippen LogP contribution in [0.15, 0.2) is 75.2 Å². The third-order valence-corrected chi connectivity index (χ3v) is 5.80. The number of nitrogens with one attached hydrogen (secondary N) is 2. The van der Waals surface area contributed by atoms with E-state index in [-0.39, 0.29) is 11.8 Å². The predicted molar refractivity (Wildman–Crippen MR) is 114 cm³/mol. The van der Waals surface area contributed by atoms with Gasteiger partial charge in [0.1, 0.15) is 5.03 Å². The highest BCUT2D eigenvalue weighted by Gasteiger charge is 2.17. The van der Waals surface area contributed by atoms with Gasteiger partial charge in [-0.25, -0.2) is 4.98 Å². The van der Waals surface area contributed by atoms with E-state index in [1.807, 2.05) is 42.5 Å². The first-order chi connectivity index (χ1) is 13.6. The Morgan fingerprint density at radius 2 is 1.96 bits per heavy atom. The summed E-state index contributed by atoms with van der Waals surface area (Å²) in [6, 6.07) is 16.8. The van der Waals surface area contributed by atoms with E-state index >= 15 is 0 Å². The van der Waals surface area contributed by atoms with Crippen LogP contribution >= 0.6 is 27.7 Å². The van der Waals surface area contributed by atoms with E-state index in [9.17, 15) is 9.59 Å². The number of carbonyl (C=O) groups is 2. The molecule has 2 heterocycles. The van der Waals surface area contributed by atoms with Gasteiger partial charge in [0.2, 0.25) is 5.91 Å². The Hall–Kier alpha value is -2.64. The van der Waals surface area contributed by atoms with E-state index in [1.54, 1.807) is 18.3 Å². The second-order valence-corrected chi connectivity index (χ2v) is 8.27. The maximum atomic E-state index is 12.9. The number of hydrogen-bond donors (Lipinski definition) is 2. The molecule has 4 rings (SSSR count). The molecule has 2 N–H and O–H groups in total. The number of pyridine rings is 1. The van der Waals surface area contributed by atoms with Gasteiger partial charge >= 0.3 is 0 Å². The molecule has 0 atom stereocenters. The first-order valence-corrected chi connectivity index (χ1v) is 10.3. The number of rotatable bonds is 4. The monoisotopic (exact) mass is 453 g/mol. The van der Waals surface area contributed by atoms with Crippen LogP contribution < -0.4 is 10.6 Å². The maximum Gasteiger partial charge on any atom is 0.256 e. The number of amides is 2. The zero-order chi connectivity index (χ0) is 19.5. The minimum atomic E-state index is -0.181. The Morgan fingerprint density at radius 3 is 2.79 bits per heavy atom. The van der Waals surface area contributed by atoms with E-state index < -0.39 is 0 Å². The van der Waals surface area contributed by atoms with E-state index in [0.717, 1.165) is 25.6 Å². The Kier molecular flexibility index (Phi) is 5.45. The van der Waals surface area contributed by atoms with E-state index in [2.05, 4.69) is 31.5 Å². The summed E-state index contributed by atoms with van der Waals surface area (Å²) in [5.74, 6) is -0.156. The van der Waals surface area contributed by atoms with Crippen molar-refractivity contribution in [2.75, 3.05) is 10.6 Å². The van der Waals surface area contributed by atoms with Gasteiger partial charge in [-0.15, -0.1) is 0 Å². The molecule has 2 amide bonds. The summed E-state index contributed by atoms with van der Waals surface area (Å²) >= 11 is 4.82. The van der Waals surface area contributed by atoms with Crippen molar-refractivity contribution in [3.8, 4) is 0 Å². The summed E-state index contributed by atoms with van der Waals surface area (Å²) in [6.45, 7) is 0. The highest BCUT2D eigenvalue weighted by atomic mass is 79.9. The number of fused-ring (bicyclic) bond motifs is 1. The van der Waals surface area contributed by atoms with Crippen LogP contribution in [-0.4, -0.2) is 16.8 Å². The Balaban J connectivity index is 1.54. The van der Waals surface area contributed by atoms with Crippen LogP contribution in [0.3, 0.4) is 0 Å². The van der Waals surface area contributed by atoms with Crippen LogP contribution in [0.4, 0.5) is 11.4 Å². The first-order valence-electron chi connectivity index (χ1n) is 8.71. The van der Waals surface area contributed by atoms with Crippen molar-refractivity contribution in [2.24, 2.45) is 0 Å². The molecule has 28 heavy (non-hydrogen) atoms. The molecule has 0 radical (unpaired) electrons. The molecule has 0 bridgehead atoms. The molecule has 0 saturated heterocycles. The molecule has 1 aliphatic rings. The Bertz CT molecular complexity index is 1050. The summed E-state index contributed by atoms with van der Waals surface area (Å²) in [5, 5.41) is 6.62. The maximum absolute atomic E-state index is 12.9. The van der Waals surface area contributed by atoms with Gasteiger partial charge < -0.3 is 10.6 Å². The molecule has 0 saturated carbocycles. The third-order valence-electron chi connectivity index (χ3n) is 4.31. The second-order valence-electron chi connectivity index (χ2n) is 6.29. The zero-order valence-electron chi connectivity index (χ0n) is 14.7. The molecule has 7 heteroatoms. The van der Waals surface area contributed by atoms with E-state index in [0.29, 0.717) is 24.1 Å². The average Bonchev–Trinajstić information content (AvgIpc) is 2.70. The van der Waals surface area contributed by atoms with Crippen LogP contribution in [-0.2, 0) is 11.2 Å². The topological polar surface area (TPSA) is 71.1 Å². The Labute approximate surface area is 175 Å². The predicted octanol–water partition coefficient (Wildman–Crippen LogP) is 5.13. The normalized spacial score (nSPS) is 12.8. The summed E-state index contributed by atoms with van der Waals surface area (Å²) in [5.41, 5.74) is 3.13. The standard InChI is InChI=1S/C21H16BrN3O2S/c22-14-6-10-20(23-12-14)28-18-4-2-1-3-16(18)21(27)24-15-7-8-17-13(11-15)5-9-19(26)25-17/h1-4,6-8,10-12H,5,9H2,(H,24,27)(H,25,26). The molecule has 0 unspecified atom stereocenters. The van der Waals surface area contributed by atoms with Crippen molar-refractivity contribution in [2.45, 2.75) is 22.8 Å². The lowest BCUT2D eigenvalue weighted by molar-refractivity contribution is -0.116. The molecule has 2 aromatic carbocycles. The Morgan fingerprint density at radius 1 is 1.11 bits per heavy atom. The van der Waals surface area contributed by atoms with Gasteiger partial charge in [-0.2, -0.15) is 0 Å². The van der Waals surface area contributed by atoms with Crippen LogP contribution in [0.5, 0.6) is 0 Å². The van der Waals surface area contributed by atoms with Crippen molar-refractivity contribution in [3.63, 3.8) is 0 Å². The number of aryl methyl sites for hydroxylation is 1. The fourth-order valence-electron chi connectivity index (χ4n) is 2.94. The lowest BCUT2D eigenvalue weighted by atomic mass is 10.0. The van der Waals surface area contributed by atoms with Crippen molar-refractivity contribution in [3.05, 3.63) is 76.4 Å². The number of hydrogen-bond acceptors (Lipinski definition) is 4. The largest absolute Gasteiger partial charge is 0.326 e. The number of aromatic nitrogens is 1. The van der Waals surface area contributed by atoms with Gasteiger partial charge in [0, 0.05) is 33.4 Å². The van der Waals surface area contributed by atoms with Gasteiger partial charge in [-0.3, -0.25) is 9.59 Å². The van der Waals surface area contributed by atoms with Crippen LogP contribution in [0.1, 0.15) is 22.3 Å². The molecular weight excluding hydrogens is 438 g/mol. The molecule has 0 fully saturated rings. The van der Waals surface area contributed by atoms with Crippen LogP contribution in [0.2, 0.25) is 0 Å². The molecule has 140 valence electrons. The van der Waals surface area contributed by atoms with Crippen LogP contribution in [0, 0.1) is 0 Å². The van der Waals surface area contributed by atoms with Gasteiger partial charge in [0.25, 0.3) is 5.91 Å². The summed E-state index contributed by atoms with van der Waals surface area (Å²) in [4.78, 5) is 29.6. The highest BCUT2D eigenvalue weighted by Crippen LogP contribution is 2.31. The lowest BCUT2D eigenvalue weighted by Gasteiger charge is -2.18. The quantitative estimate of drug-likeness (QED) is 0.573. The fraction of sp³-hybridized carbons (Fsp3) is 0.0952. The smallest absolute Gasteiger partial charge is 0.256 e. The molecule has 5 nitrogen and oxygen atoms in total. The third kappa shape index (κ3) is 4.26. The van der Waals surface area contributed by atoms with E-state index in [4.69, 9.17) is 0 Å². The SMILES string of the molecule is O=C1CCc2cc(NC(=O)c3ccccc3Sc3ccc(Br)cn3)ccc2N1. The van der Waals surface area contributed by atoms with Crippen molar-refractivity contribution in [1.82, 2.24) is 4.98 Å². The molecule has 0 aliphatic carbocycles. The molecule has 1 aliphatic heterocycles. The van der Waals surface area contributed by atoms with Gasteiger partial charge in [-0.05, 0) is 70.4 Å². The zero-order valence-corrected chi connectivity index (χ0v) is 17.1. The van der Waals surface area contributed by atoms with Crippen LogP contribution in [0.25, 0.3) is 0 Å². The van der Waals surface area contributed by atoms with E-state index in [1.165, 1.54) is 11.8 Å². The number of nitrogens with zero attached hydrogens (tertiary/aromatic N) is 1. The fourth-order valence-corrected chi connectivity index (χ4v) is 4.06. The van der Waals surface area contributed by atoms with Gasteiger partial charge in [-0.1, -0.05) is 23.9 Å². The van der Waals surface area contributed by atoms with Gasteiger partial charge in [0.05, 0.1) is 5.56 Å². The summed E-state index contributed by atoms with van der Waals surface area (Å²) in [7, 11) is 0. The lowest BCUT2D eigenvalue weighted by Crippen LogP contribution is -2.19. The number of anilines is 2. The van der Waals surface area contributed by atoms with Crippen molar-refractivity contribution in [1.29, 1.82) is 0 Å². The number of benzene rings is 2. The minimum Gasteiger partial charge on any atom is -0.326 e. The van der Waals surface area contributed by atoms with Gasteiger partial charge in [0.15, 0.2) is 0 Å². The summed E-state index contributed by atoms with van der Waals surface area (Å²) in [6.07, 6.45) is 2.87. The highest BCUT2D eigenvalue weighted by molar-refractivity contribution is 9.10. The molecule has 3 aromatic rings. The molecule has 0 spiro atoms. The first kappa shape index (κ1) is 18.7. The number of halogens is 1.